The first-order valence-electron chi connectivity index (χ1n) is 19.0. The first kappa shape index (κ1) is 43.1. The fourth-order valence-corrected chi connectivity index (χ4v) is 5.80. The molecule has 0 fully saturated rings. The molecule has 262 valence electrons. The molecule has 1 N–H and O–H groups in total. The predicted molar refractivity (Wildman–Crippen MR) is 191 cm³/mol. The molecular weight excluding hydrogens is 560 g/mol. The number of carbonyl (C=O) groups is 2. The van der Waals surface area contributed by atoms with E-state index in [4.69, 9.17) is 14.6 Å². The highest BCUT2D eigenvalue weighted by atomic mass is 16.5. The summed E-state index contributed by atoms with van der Waals surface area (Å²) in [4.78, 5) is 24.7. The van der Waals surface area contributed by atoms with Gasteiger partial charge in [-0.05, 0) is 95.5 Å². The Bertz CT molecular complexity index is 741. The van der Waals surface area contributed by atoms with E-state index in [9.17, 15) is 9.59 Å². The van der Waals surface area contributed by atoms with Crippen LogP contribution in [-0.2, 0) is 19.1 Å². The van der Waals surface area contributed by atoms with Crippen molar-refractivity contribution in [2.45, 2.75) is 181 Å². The van der Waals surface area contributed by atoms with E-state index in [2.05, 4.69) is 38.2 Å². The van der Waals surface area contributed by atoms with E-state index in [-0.39, 0.29) is 23.8 Å². The van der Waals surface area contributed by atoms with Crippen LogP contribution in [0.15, 0.2) is 36.6 Å². The standard InChI is InChI=1S/C40H72O5/c1-4-6-8-10-11-12-17-20-24-29-36-45-40(43)39(33-26-22-18-15-13-14-16-19-23-28-34-41)38(31-25-21-9-7-5-2)32-27-30-35-44-37(3)42/h8,10,15,18,30,35,38-39,41H,4-7,9,11-14,16-17,19-29,31-34,36H2,1-3H3/b10-8-,18-15?,35-30?. The summed E-state index contributed by atoms with van der Waals surface area (Å²) in [5, 5.41) is 8.91. The maximum absolute atomic E-state index is 13.5. The Labute approximate surface area is 278 Å². The molecule has 0 rings (SSSR count). The van der Waals surface area contributed by atoms with Crippen LogP contribution in [0.1, 0.15) is 181 Å². The van der Waals surface area contributed by atoms with Gasteiger partial charge in [-0.2, -0.15) is 0 Å². The summed E-state index contributed by atoms with van der Waals surface area (Å²) in [6.07, 6.45) is 40.4. The maximum atomic E-state index is 13.5. The number of esters is 2. The van der Waals surface area contributed by atoms with Crippen molar-refractivity contribution in [3.8, 4) is 0 Å². The van der Waals surface area contributed by atoms with Crippen molar-refractivity contribution in [2.24, 2.45) is 11.8 Å². The molecule has 0 spiro atoms. The molecule has 5 nitrogen and oxygen atoms in total. The highest BCUT2D eigenvalue weighted by Crippen LogP contribution is 2.30. The third-order valence-corrected chi connectivity index (χ3v) is 8.55. The number of rotatable bonds is 33. The Morgan fingerprint density at radius 3 is 1.80 bits per heavy atom. The van der Waals surface area contributed by atoms with E-state index >= 15 is 0 Å². The molecule has 0 saturated carbocycles. The summed E-state index contributed by atoms with van der Waals surface area (Å²) in [6.45, 7) is 6.69. The molecule has 0 aliphatic rings. The SMILES string of the molecule is CCC/C=C\CCCCCCCOC(=O)C(CCCC=CCCCCCCCO)C(CCC=COC(C)=O)CCCCCCC. The Kier molecular flexibility index (Phi) is 33.5. The second kappa shape index (κ2) is 35.0. The number of hydrogen-bond donors (Lipinski definition) is 1. The zero-order chi connectivity index (χ0) is 33.1. The van der Waals surface area contributed by atoms with Crippen LogP contribution in [0.5, 0.6) is 0 Å². The van der Waals surface area contributed by atoms with Crippen molar-refractivity contribution in [3.05, 3.63) is 36.6 Å². The summed E-state index contributed by atoms with van der Waals surface area (Å²) in [7, 11) is 0. The van der Waals surface area contributed by atoms with Gasteiger partial charge in [-0.15, -0.1) is 0 Å². The topological polar surface area (TPSA) is 72.8 Å². The zero-order valence-corrected chi connectivity index (χ0v) is 29.8. The molecule has 0 radical (unpaired) electrons. The summed E-state index contributed by atoms with van der Waals surface area (Å²) < 4.78 is 10.9. The third-order valence-electron chi connectivity index (χ3n) is 8.55. The second-order valence-electron chi connectivity index (χ2n) is 12.8. The van der Waals surface area contributed by atoms with Crippen molar-refractivity contribution < 1.29 is 24.2 Å². The molecule has 0 aromatic heterocycles. The molecule has 0 bridgehead atoms. The van der Waals surface area contributed by atoms with Gasteiger partial charge >= 0.3 is 11.9 Å². The zero-order valence-electron chi connectivity index (χ0n) is 29.8. The van der Waals surface area contributed by atoms with E-state index in [0.29, 0.717) is 13.2 Å². The Morgan fingerprint density at radius 2 is 1.16 bits per heavy atom. The van der Waals surface area contributed by atoms with Gasteiger partial charge in [0.1, 0.15) is 0 Å². The Balaban J connectivity index is 4.95. The molecule has 2 atom stereocenters. The van der Waals surface area contributed by atoms with Crippen LogP contribution in [0, 0.1) is 11.8 Å². The normalized spacial score (nSPS) is 13.2. The minimum atomic E-state index is -0.307. The lowest BCUT2D eigenvalue weighted by Crippen LogP contribution is -2.26. The molecule has 0 aliphatic carbocycles. The summed E-state index contributed by atoms with van der Waals surface area (Å²) >= 11 is 0. The number of carbonyl (C=O) groups excluding carboxylic acids is 2. The second-order valence-corrected chi connectivity index (χ2v) is 12.8. The largest absolute Gasteiger partial charge is 0.465 e. The number of hydrogen-bond acceptors (Lipinski definition) is 5. The van der Waals surface area contributed by atoms with Gasteiger partial charge in [0.2, 0.25) is 0 Å². The number of unbranched alkanes of at least 4 members (excludes halogenated alkanes) is 16. The monoisotopic (exact) mass is 633 g/mol. The number of aliphatic hydroxyl groups is 1. The first-order valence-corrected chi connectivity index (χ1v) is 19.0. The van der Waals surface area contributed by atoms with Gasteiger partial charge in [0.25, 0.3) is 0 Å². The van der Waals surface area contributed by atoms with Crippen molar-refractivity contribution in [1.29, 1.82) is 0 Å². The maximum Gasteiger partial charge on any atom is 0.309 e. The van der Waals surface area contributed by atoms with Gasteiger partial charge < -0.3 is 14.6 Å². The van der Waals surface area contributed by atoms with Crippen molar-refractivity contribution >= 4 is 11.9 Å². The fourth-order valence-electron chi connectivity index (χ4n) is 5.80. The van der Waals surface area contributed by atoms with Gasteiger partial charge in [0.05, 0.1) is 18.8 Å². The minimum absolute atomic E-state index is 0.00885. The van der Waals surface area contributed by atoms with Crippen LogP contribution in [-0.4, -0.2) is 30.3 Å². The lowest BCUT2D eigenvalue weighted by molar-refractivity contribution is -0.151. The molecule has 45 heavy (non-hydrogen) atoms. The Hall–Kier alpha value is -1.88. The van der Waals surface area contributed by atoms with Crippen LogP contribution < -0.4 is 0 Å². The minimum Gasteiger partial charge on any atom is -0.465 e. The molecule has 0 heterocycles. The molecule has 0 aromatic carbocycles. The lowest BCUT2D eigenvalue weighted by Gasteiger charge is -2.26. The van der Waals surface area contributed by atoms with Gasteiger partial charge in [-0.25, -0.2) is 0 Å². The highest BCUT2D eigenvalue weighted by molar-refractivity contribution is 5.72. The highest BCUT2D eigenvalue weighted by Gasteiger charge is 2.28. The smallest absolute Gasteiger partial charge is 0.309 e. The van der Waals surface area contributed by atoms with Gasteiger partial charge in [0, 0.05) is 13.5 Å². The van der Waals surface area contributed by atoms with Gasteiger partial charge in [-0.3, -0.25) is 9.59 Å². The van der Waals surface area contributed by atoms with Crippen LogP contribution in [0.2, 0.25) is 0 Å². The number of allylic oxidation sites excluding steroid dienone is 5. The summed E-state index contributed by atoms with van der Waals surface area (Å²) in [5.74, 6) is -0.109. The summed E-state index contributed by atoms with van der Waals surface area (Å²) in [6, 6.07) is 0. The molecule has 0 aromatic rings. The average molecular weight is 633 g/mol. The van der Waals surface area contributed by atoms with Crippen molar-refractivity contribution in [3.63, 3.8) is 0 Å². The van der Waals surface area contributed by atoms with Crippen LogP contribution in [0.3, 0.4) is 0 Å². The molecule has 0 amide bonds. The Morgan fingerprint density at radius 1 is 0.578 bits per heavy atom. The van der Waals surface area contributed by atoms with Gasteiger partial charge in [0.15, 0.2) is 0 Å². The van der Waals surface area contributed by atoms with Gasteiger partial charge in [-0.1, -0.05) is 115 Å². The van der Waals surface area contributed by atoms with E-state index in [1.807, 2.05) is 6.08 Å². The van der Waals surface area contributed by atoms with E-state index in [0.717, 1.165) is 77.0 Å². The summed E-state index contributed by atoms with van der Waals surface area (Å²) in [5.41, 5.74) is 0. The van der Waals surface area contributed by atoms with Crippen LogP contribution in [0.25, 0.3) is 0 Å². The van der Waals surface area contributed by atoms with E-state index in [1.165, 1.54) is 96.7 Å². The molecular formula is C40H72O5. The molecule has 0 aliphatic heterocycles. The lowest BCUT2D eigenvalue weighted by atomic mass is 9.81. The third kappa shape index (κ3) is 30.5. The fraction of sp³-hybridized carbons (Fsp3) is 0.800. The first-order chi connectivity index (χ1) is 22.1. The van der Waals surface area contributed by atoms with Crippen LogP contribution in [0.4, 0.5) is 0 Å². The predicted octanol–water partition coefficient (Wildman–Crippen LogP) is 11.7. The molecule has 2 unspecified atom stereocenters. The van der Waals surface area contributed by atoms with Crippen LogP contribution >= 0.6 is 0 Å². The van der Waals surface area contributed by atoms with Crippen molar-refractivity contribution in [1.82, 2.24) is 0 Å². The number of aliphatic hydroxyl groups excluding tert-OH is 1. The van der Waals surface area contributed by atoms with Crippen molar-refractivity contribution in [2.75, 3.05) is 13.2 Å². The van der Waals surface area contributed by atoms with E-state index < -0.39 is 0 Å². The molecule has 0 saturated heterocycles. The van der Waals surface area contributed by atoms with E-state index in [1.54, 1.807) is 0 Å². The average Bonchev–Trinajstić information content (AvgIpc) is 3.03. The quantitative estimate of drug-likeness (QED) is 0.0337. The molecule has 5 heteroatoms. The number of ether oxygens (including phenoxy) is 2.